The number of nitrogens with two attached hydrogens (primary N) is 1. The van der Waals surface area contributed by atoms with E-state index in [1.807, 2.05) is 25.1 Å². The topological polar surface area (TPSA) is 38.9 Å². The molecule has 0 aliphatic rings. The lowest BCUT2D eigenvalue weighted by atomic mass is 10.1. The molecule has 0 saturated heterocycles. The van der Waals surface area contributed by atoms with E-state index in [1.165, 1.54) is 15.8 Å². The third-order valence-electron chi connectivity index (χ3n) is 3.27. The Bertz CT molecular complexity index is 781. The van der Waals surface area contributed by atoms with Gasteiger partial charge in [-0.15, -0.1) is 0 Å². The van der Waals surface area contributed by atoms with Crippen LogP contribution in [0.15, 0.2) is 58.3 Å². The van der Waals surface area contributed by atoms with Gasteiger partial charge in [-0.05, 0) is 37.6 Å². The molecule has 20 heavy (non-hydrogen) atoms. The van der Waals surface area contributed by atoms with E-state index in [0.717, 1.165) is 21.8 Å². The van der Waals surface area contributed by atoms with Crippen molar-refractivity contribution in [2.75, 3.05) is 5.73 Å². The van der Waals surface area contributed by atoms with Gasteiger partial charge in [0, 0.05) is 26.6 Å². The molecule has 2 aromatic carbocycles. The second-order valence-electron chi connectivity index (χ2n) is 4.87. The van der Waals surface area contributed by atoms with Crippen molar-refractivity contribution >= 4 is 28.4 Å². The maximum atomic E-state index is 6.04. The van der Waals surface area contributed by atoms with Gasteiger partial charge in [0.1, 0.15) is 0 Å². The van der Waals surface area contributed by atoms with Crippen LogP contribution in [0.5, 0.6) is 0 Å². The van der Waals surface area contributed by atoms with Crippen molar-refractivity contribution in [2.45, 2.75) is 23.6 Å². The molecular formula is C17H16N2S. The lowest BCUT2D eigenvalue weighted by molar-refractivity contribution is 1.21. The highest BCUT2D eigenvalue weighted by Crippen LogP contribution is 2.36. The molecule has 3 aromatic rings. The second kappa shape index (κ2) is 5.17. The summed E-state index contributed by atoms with van der Waals surface area (Å²) >= 11 is 1.70. The van der Waals surface area contributed by atoms with Crippen molar-refractivity contribution in [3.05, 3.63) is 59.8 Å². The van der Waals surface area contributed by atoms with E-state index in [1.54, 1.807) is 11.8 Å². The molecule has 0 unspecified atom stereocenters. The summed E-state index contributed by atoms with van der Waals surface area (Å²) in [4.78, 5) is 6.94. The molecule has 0 aliphatic heterocycles. The van der Waals surface area contributed by atoms with Gasteiger partial charge in [-0.3, -0.25) is 4.98 Å². The monoisotopic (exact) mass is 280 g/mol. The summed E-state index contributed by atoms with van der Waals surface area (Å²) in [5.74, 6) is 0. The van der Waals surface area contributed by atoms with Gasteiger partial charge < -0.3 is 5.73 Å². The summed E-state index contributed by atoms with van der Waals surface area (Å²) in [6.07, 6.45) is 0. The minimum atomic E-state index is 0.813. The Hall–Kier alpha value is -2.00. The highest BCUT2D eigenvalue weighted by molar-refractivity contribution is 7.99. The molecule has 0 atom stereocenters. The van der Waals surface area contributed by atoms with Gasteiger partial charge in [-0.25, -0.2) is 0 Å². The molecule has 0 saturated carbocycles. The zero-order valence-electron chi connectivity index (χ0n) is 11.6. The van der Waals surface area contributed by atoms with Crippen LogP contribution < -0.4 is 5.73 Å². The average molecular weight is 280 g/mol. The summed E-state index contributed by atoms with van der Waals surface area (Å²) in [5.41, 5.74) is 10.2. The van der Waals surface area contributed by atoms with E-state index in [-0.39, 0.29) is 0 Å². The maximum Gasteiger partial charge on any atom is 0.0745 e. The van der Waals surface area contributed by atoms with Crippen LogP contribution in [0.2, 0.25) is 0 Å². The lowest BCUT2D eigenvalue weighted by Gasteiger charge is -2.10. The molecule has 100 valence electrons. The molecule has 2 N–H and O–H groups in total. The fourth-order valence-corrected chi connectivity index (χ4v) is 3.33. The van der Waals surface area contributed by atoms with Crippen molar-refractivity contribution in [3.8, 4) is 0 Å². The Kier molecular flexibility index (Phi) is 3.36. The first-order valence-electron chi connectivity index (χ1n) is 6.54. The number of hydrogen-bond donors (Lipinski definition) is 1. The van der Waals surface area contributed by atoms with E-state index in [2.05, 4.69) is 42.2 Å². The SMILES string of the molecule is Cc1cc(Sc2ccccc2N)c2cccc(C)c2n1. The van der Waals surface area contributed by atoms with Crippen molar-refractivity contribution in [2.24, 2.45) is 0 Å². The van der Waals surface area contributed by atoms with Gasteiger partial charge in [-0.1, -0.05) is 42.1 Å². The molecule has 0 fully saturated rings. The summed E-state index contributed by atoms with van der Waals surface area (Å²) in [6, 6.07) is 16.4. The summed E-state index contributed by atoms with van der Waals surface area (Å²) in [6.45, 7) is 4.13. The van der Waals surface area contributed by atoms with Crippen LogP contribution >= 0.6 is 11.8 Å². The summed E-state index contributed by atoms with van der Waals surface area (Å²) < 4.78 is 0. The van der Waals surface area contributed by atoms with E-state index < -0.39 is 0 Å². The van der Waals surface area contributed by atoms with Crippen molar-refractivity contribution in [1.82, 2.24) is 4.98 Å². The number of benzene rings is 2. The summed E-state index contributed by atoms with van der Waals surface area (Å²) in [7, 11) is 0. The molecule has 0 spiro atoms. The van der Waals surface area contributed by atoms with E-state index in [9.17, 15) is 0 Å². The van der Waals surface area contributed by atoms with Gasteiger partial charge in [0.2, 0.25) is 0 Å². The van der Waals surface area contributed by atoms with E-state index in [4.69, 9.17) is 5.73 Å². The van der Waals surface area contributed by atoms with Crippen molar-refractivity contribution in [1.29, 1.82) is 0 Å². The van der Waals surface area contributed by atoms with Gasteiger partial charge in [0.05, 0.1) is 5.52 Å². The van der Waals surface area contributed by atoms with Crippen molar-refractivity contribution in [3.63, 3.8) is 0 Å². The average Bonchev–Trinajstić information content (AvgIpc) is 2.42. The number of rotatable bonds is 2. The van der Waals surface area contributed by atoms with E-state index in [0.29, 0.717) is 0 Å². The smallest absolute Gasteiger partial charge is 0.0745 e. The standard InChI is InChI=1S/C17H16N2S/c1-11-6-5-7-13-16(10-12(2)19-17(11)13)20-15-9-4-3-8-14(15)18/h3-10H,18H2,1-2H3. The molecule has 0 bridgehead atoms. The Balaban J connectivity index is 2.17. The van der Waals surface area contributed by atoms with Gasteiger partial charge >= 0.3 is 0 Å². The zero-order chi connectivity index (χ0) is 14.1. The third kappa shape index (κ3) is 2.37. The molecule has 0 aliphatic carbocycles. The molecule has 0 amide bonds. The molecule has 1 heterocycles. The Labute approximate surface area is 123 Å². The van der Waals surface area contributed by atoms with Crippen LogP contribution in [-0.2, 0) is 0 Å². The highest BCUT2D eigenvalue weighted by atomic mass is 32.2. The minimum Gasteiger partial charge on any atom is -0.398 e. The number of aromatic nitrogens is 1. The third-order valence-corrected chi connectivity index (χ3v) is 4.42. The predicted molar refractivity (Wildman–Crippen MR) is 86.2 cm³/mol. The minimum absolute atomic E-state index is 0.813. The number of hydrogen-bond acceptors (Lipinski definition) is 3. The van der Waals surface area contributed by atoms with Gasteiger partial charge in [0.25, 0.3) is 0 Å². The largest absolute Gasteiger partial charge is 0.398 e. The van der Waals surface area contributed by atoms with Crippen LogP contribution in [0.3, 0.4) is 0 Å². The predicted octanol–water partition coefficient (Wildman–Crippen LogP) is 4.59. The van der Waals surface area contributed by atoms with E-state index >= 15 is 0 Å². The first-order valence-corrected chi connectivity index (χ1v) is 7.36. The maximum absolute atomic E-state index is 6.04. The van der Waals surface area contributed by atoms with Gasteiger partial charge in [0.15, 0.2) is 0 Å². The molecular weight excluding hydrogens is 264 g/mol. The molecule has 3 heteroatoms. The molecule has 1 aromatic heterocycles. The second-order valence-corrected chi connectivity index (χ2v) is 5.96. The number of aryl methyl sites for hydroxylation is 2. The van der Waals surface area contributed by atoms with Crippen molar-refractivity contribution < 1.29 is 0 Å². The molecule has 2 nitrogen and oxygen atoms in total. The summed E-state index contributed by atoms with van der Waals surface area (Å²) in [5, 5.41) is 1.18. The fraction of sp³-hybridized carbons (Fsp3) is 0.118. The van der Waals surface area contributed by atoms with Crippen LogP contribution in [0, 0.1) is 13.8 Å². The van der Waals surface area contributed by atoms with Gasteiger partial charge in [-0.2, -0.15) is 0 Å². The Morgan fingerprint density at radius 2 is 1.75 bits per heavy atom. The Morgan fingerprint density at radius 1 is 0.950 bits per heavy atom. The van der Waals surface area contributed by atoms with Crippen LogP contribution in [0.25, 0.3) is 10.9 Å². The van der Waals surface area contributed by atoms with Crippen LogP contribution in [0.1, 0.15) is 11.3 Å². The number of nitrogen functional groups attached to an aromatic ring is 1. The lowest BCUT2D eigenvalue weighted by Crippen LogP contribution is -1.91. The molecule has 3 rings (SSSR count). The number of pyridine rings is 1. The number of nitrogens with zero attached hydrogens (tertiary/aromatic N) is 1. The quantitative estimate of drug-likeness (QED) is 0.698. The number of para-hydroxylation sites is 2. The first-order chi connectivity index (χ1) is 9.65. The number of fused-ring (bicyclic) bond motifs is 1. The number of anilines is 1. The highest BCUT2D eigenvalue weighted by Gasteiger charge is 2.08. The molecule has 0 radical (unpaired) electrons. The Morgan fingerprint density at radius 3 is 2.55 bits per heavy atom. The first kappa shape index (κ1) is 13.0. The van der Waals surface area contributed by atoms with Crippen LogP contribution in [-0.4, -0.2) is 4.98 Å². The van der Waals surface area contributed by atoms with Crippen LogP contribution in [0.4, 0.5) is 5.69 Å². The zero-order valence-corrected chi connectivity index (χ0v) is 12.4. The normalized spacial score (nSPS) is 10.9. The fourth-order valence-electron chi connectivity index (χ4n) is 2.26.